The van der Waals surface area contributed by atoms with E-state index in [0.29, 0.717) is 24.5 Å². The van der Waals surface area contributed by atoms with Gasteiger partial charge in [-0.3, -0.25) is 9.59 Å². The van der Waals surface area contributed by atoms with Gasteiger partial charge in [0, 0.05) is 6.42 Å². The summed E-state index contributed by atoms with van der Waals surface area (Å²) >= 11 is 0. The van der Waals surface area contributed by atoms with E-state index in [1.165, 1.54) is 0 Å². The van der Waals surface area contributed by atoms with Gasteiger partial charge in [0.2, 0.25) is 0 Å². The fourth-order valence-corrected chi connectivity index (χ4v) is 4.80. The molecule has 0 aliphatic carbocycles. The van der Waals surface area contributed by atoms with Crippen molar-refractivity contribution in [2.75, 3.05) is 0 Å². The Hall–Kier alpha value is -2.21. The smallest absolute Gasteiger partial charge is 0.307 e. The molecule has 0 amide bonds. The second kappa shape index (κ2) is 9.32. The zero-order chi connectivity index (χ0) is 20.1. The molecule has 6 nitrogen and oxygen atoms in total. The summed E-state index contributed by atoms with van der Waals surface area (Å²) in [6.45, 7) is 2.01. The molecule has 3 N–H and O–H groups in total. The molecule has 2 heterocycles. The molecule has 2 saturated heterocycles. The molecule has 1 aromatic carbocycles. The van der Waals surface area contributed by atoms with Crippen LogP contribution in [0.25, 0.3) is 0 Å². The Kier molecular flexibility index (Phi) is 6.83. The minimum atomic E-state index is -0.818. The number of hydrogen-bond acceptors (Lipinski definition) is 5. The number of hydrazone groups is 1. The number of hydrogen-bond donors (Lipinski definition) is 2. The van der Waals surface area contributed by atoms with Gasteiger partial charge in [0.1, 0.15) is 5.71 Å². The normalized spacial score (nSPS) is 26.5. The summed E-state index contributed by atoms with van der Waals surface area (Å²) < 4.78 is 6.14. The number of fused-ring (bicyclic) bond motifs is 2. The Bertz CT molecular complexity index is 746. The van der Waals surface area contributed by atoms with Crippen LogP contribution in [0.1, 0.15) is 56.6 Å². The molecule has 0 aromatic heterocycles. The summed E-state index contributed by atoms with van der Waals surface area (Å²) in [6, 6.07) is 7.78. The van der Waals surface area contributed by atoms with Gasteiger partial charge < -0.3 is 15.7 Å². The second-order valence-corrected chi connectivity index (χ2v) is 8.00. The topological polar surface area (TPSA) is 102 Å². The van der Waals surface area contributed by atoms with E-state index in [9.17, 15) is 9.59 Å². The van der Waals surface area contributed by atoms with Gasteiger partial charge >= 0.3 is 5.97 Å². The number of ketones is 1. The Morgan fingerprint density at radius 2 is 1.93 bits per heavy atom. The number of Topliss-reactive ketones (excluding diaryl/α,β-unsaturated/α-hetero) is 1. The van der Waals surface area contributed by atoms with E-state index in [1.54, 1.807) is 0 Å². The zero-order valence-electron chi connectivity index (χ0n) is 16.5. The van der Waals surface area contributed by atoms with Crippen LogP contribution in [-0.4, -0.2) is 34.8 Å². The van der Waals surface area contributed by atoms with Crippen molar-refractivity contribution in [1.82, 2.24) is 0 Å². The largest absolute Gasteiger partial charge is 0.481 e. The minimum Gasteiger partial charge on any atom is -0.481 e. The number of carbonyl (C=O) groups excluding carboxylic acids is 1. The van der Waals surface area contributed by atoms with Crippen molar-refractivity contribution in [3.8, 4) is 0 Å². The van der Waals surface area contributed by atoms with E-state index in [-0.39, 0.29) is 30.3 Å². The third kappa shape index (κ3) is 4.79. The number of aliphatic carboxylic acids is 1. The maximum Gasteiger partial charge on any atom is 0.307 e. The van der Waals surface area contributed by atoms with E-state index in [0.717, 1.165) is 43.2 Å². The average Bonchev–Trinajstić information content (AvgIpc) is 3.26. The van der Waals surface area contributed by atoms with Crippen LogP contribution in [0.3, 0.4) is 0 Å². The molecule has 0 unspecified atom stereocenters. The van der Waals surface area contributed by atoms with Gasteiger partial charge in [-0.15, -0.1) is 0 Å². The first-order chi connectivity index (χ1) is 13.5. The van der Waals surface area contributed by atoms with Crippen molar-refractivity contribution in [2.24, 2.45) is 22.8 Å². The third-order valence-corrected chi connectivity index (χ3v) is 6.09. The lowest BCUT2D eigenvalue weighted by Gasteiger charge is -2.27. The van der Waals surface area contributed by atoms with Crippen LogP contribution in [0.15, 0.2) is 29.4 Å². The van der Waals surface area contributed by atoms with E-state index in [2.05, 4.69) is 5.10 Å². The summed E-state index contributed by atoms with van der Waals surface area (Å²) in [7, 11) is 0. The van der Waals surface area contributed by atoms with Gasteiger partial charge in [0.05, 0.1) is 18.6 Å². The minimum absolute atomic E-state index is 0.0425. The number of nitrogens with zero attached hydrogens (tertiary/aromatic N) is 1. The predicted octanol–water partition coefficient (Wildman–Crippen LogP) is 3.11. The number of carboxylic acids is 1. The van der Waals surface area contributed by atoms with E-state index in [1.807, 2.05) is 31.2 Å². The molecule has 28 heavy (non-hydrogen) atoms. The van der Waals surface area contributed by atoms with Gasteiger partial charge in [0.15, 0.2) is 5.78 Å². The molecular formula is C22H30N2O4. The summed E-state index contributed by atoms with van der Waals surface area (Å²) in [6.07, 6.45) is 6.26. The van der Waals surface area contributed by atoms with Crippen LogP contribution in [0, 0.1) is 11.8 Å². The maximum atomic E-state index is 12.6. The fourth-order valence-electron chi connectivity index (χ4n) is 4.80. The Morgan fingerprint density at radius 1 is 1.21 bits per heavy atom. The van der Waals surface area contributed by atoms with Gasteiger partial charge in [-0.2, -0.15) is 5.10 Å². The number of benzene rings is 1. The molecule has 0 radical (unpaired) electrons. The average molecular weight is 386 g/mol. The molecule has 2 bridgehead atoms. The van der Waals surface area contributed by atoms with E-state index >= 15 is 0 Å². The number of ether oxygens (including phenoxy) is 1. The number of aryl methyl sites for hydroxylation is 1. The number of nitrogens with two attached hydrogens (primary N) is 1. The number of carboxylic acid groups (broad SMARTS) is 1. The first-order valence-electron chi connectivity index (χ1n) is 10.3. The summed E-state index contributed by atoms with van der Waals surface area (Å²) in [4.78, 5) is 23.6. The summed E-state index contributed by atoms with van der Waals surface area (Å²) in [5, 5.41) is 12.7. The van der Waals surface area contributed by atoms with Gasteiger partial charge in [0.25, 0.3) is 0 Å². The van der Waals surface area contributed by atoms with E-state index < -0.39 is 5.97 Å². The van der Waals surface area contributed by atoms with Crippen LogP contribution in [0.2, 0.25) is 0 Å². The summed E-state index contributed by atoms with van der Waals surface area (Å²) in [5.74, 6) is 5.24. The fraction of sp³-hybridized carbons (Fsp3) is 0.591. The zero-order valence-corrected chi connectivity index (χ0v) is 16.5. The molecule has 2 fully saturated rings. The highest BCUT2D eigenvalue weighted by Crippen LogP contribution is 2.47. The molecule has 2 aliphatic heterocycles. The Balaban J connectivity index is 1.63. The highest BCUT2D eigenvalue weighted by molar-refractivity contribution is 6.39. The van der Waals surface area contributed by atoms with E-state index in [4.69, 9.17) is 15.7 Å². The van der Waals surface area contributed by atoms with Crippen LogP contribution in [0.5, 0.6) is 0 Å². The Morgan fingerprint density at radius 3 is 2.61 bits per heavy atom. The Labute approximate surface area is 166 Å². The van der Waals surface area contributed by atoms with Crippen LogP contribution in [-0.2, 0) is 27.2 Å². The molecule has 0 spiro atoms. The van der Waals surface area contributed by atoms with Crippen LogP contribution >= 0.6 is 0 Å². The first-order valence-corrected chi connectivity index (χ1v) is 10.3. The third-order valence-electron chi connectivity index (χ3n) is 6.09. The molecule has 2 aliphatic rings. The van der Waals surface area contributed by atoms with Crippen LogP contribution < -0.4 is 5.84 Å². The van der Waals surface area contributed by atoms with Gasteiger partial charge in [-0.1, -0.05) is 37.6 Å². The van der Waals surface area contributed by atoms with Crippen LogP contribution in [0.4, 0.5) is 0 Å². The van der Waals surface area contributed by atoms with Crippen molar-refractivity contribution in [3.05, 3.63) is 35.4 Å². The maximum absolute atomic E-state index is 12.6. The highest BCUT2D eigenvalue weighted by Gasteiger charge is 2.49. The van der Waals surface area contributed by atoms with Crippen molar-refractivity contribution in [3.63, 3.8) is 0 Å². The van der Waals surface area contributed by atoms with Gasteiger partial charge in [-0.05, 0) is 55.1 Å². The number of carbonyl (C=O) groups is 2. The standard InChI is InChI=1S/C22H30N2O4/c1-2-4-18(24-23)19(25)13-17-16(20-9-10-21(17)28-20)8-7-14-5-3-6-15(11-14)12-22(26)27/h3,5-6,11,16-17,20-21H,2,4,7-10,12-13,23H2,1H3,(H,26,27)/t16-,17+,20-,21+/m0/s1. The summed E-state index contributed by atoms with van der Waals surface area (Å²) in [5.41, 5.74) is 2.46. The molecular weight excluding hydrogens is 356 g/mol. The van der Waals surface area contributed by atoms with Crippen molar-refractivity contribution in [1.29, 1.82) is 0 Å². The lowest BCUT2D eigenvalue weighted by molar-refractivity contribution is -0.136. The van der Waals surface area contributed by atoms with Gasteiger partial charge in [-0.25, -0.2) is 0 Å². The lowest BCUT2D eigenvalue weighted by Crippen LogP contribution is -2.31. The molecule has 3 rings (SSSR count). The molecule has 6 heteroatoms. The first kappa shape index (κ1) is 20.5. The molecule has 0 saturated carbocycles. The monoisotopic (exact) mass is 386 g/mol. The lowest BCUT2D eigenvalue weighted by atomic mass is 9.74. The van der Waals surface area contributed by atoms with Crippen molar-refractivity contribution in [2.45, 2.75) is 70.5 Å². The van der Waals surface area contributed by atoms with Crippen molar-refractivity contribution < 1.29 is 19.4 Å². The molecule has 152 valence electrons. The van der Waals surface area contributed by atoms with Crippen molar-refractivity contribution >= 4 is 17.5 Å². The predicted molar refractivity (Wildman–Crippen MR) is 107 cm³/mol. The molecule has 4 atom stereocenters. The SMILES string of the molecule is CCCC(=NN)C(=O)C[C@@H]1[C@H](CCc2cccc(CC(=O)O)c2)[C@@H]2CC[C@H]1O2. The quantitative estimate of drug-likeness (QED) is 0.365. The molecule has 1 aromatic rings. The highest BCUT2D eigenvalue weighted by atomic mass is 16.5. The number of rotatable bonds is 10. The second-order valence-electron chi connectivity index (χ2n) is 8.00.